The Labute approximate surface area is 153 Å². The fourth-order valence-corrected chi connectivity index (χ4v) is 3.14. The number of aryl methyl sites for hydroxylation is 2. The Morgan fingerprint density at radius 3 is 2.62 bits per heavy atom. The maximum atomic E-state index is 6.33. The topological polar surface area (TPSA) is 43.6 Å². The molecule has 0 radical (unpaired) electrons. The maximum Gasteiger partial charge on any atom is 0.179 e. The van der Waals surface area contributed by atoms with Gasteiger partial charge in [0.05, 0.1) is 18.2 Å². The van der Waals surface area contributed by atoms with Crippen molar-refractivity contribution in [2.45, 2.75) is 39.8 Å². The zero-order chi connectivity index (χ0) is 16.4. The molecule has 132 valence electrons. The minimum atomic E-state index is 0. The molecule has 6 heteroatoms. The zero-order valence-corrected chi connectivity index (χ0v) is 15.7. The van der Waals surface area contributed by atoms with Gasteiger partial charge in [0.2, 0.25) is 0 Å². The summed E-state index contributed by atoms with van der Waals surface area (Å²) in [6.45, 7) is 8.07. The smallest absolute Gasteiger partial charge is 0.179 e. The van der Waals surface area contributed by atoms with E-state index in [9.17, 15) is 0 Å². The van der Waals surface area contributed by atoms with Gasteiger partial charge in [-0.3, -0.25) is 0 Å². The van der Waals surface area contributed by atoms with E-state index < -0.39 is 0 Å². The zero-order valence-electron chi connectivity index (χ0n) is 14.1. The summed E-state index contributed by atoms with van der Waals surface area (Å²) in [5, 5.41) is 4.11. The largest absolute Gasteiger partial charge is 0.489 e. The summed E-state index contributed by atoms with van der Waals surface area (Å²) < 4.78 is 17.0. The van der Waals surface area contributed by atoms with Crippen molar-refractivity contribution >= 4 is 24.0 Å². The van der Waals surface area contributed by atoms with Gasteiger partial charge in [0.15, 0.2) is 11.5 Å². The molecule has 2 aromatic rings. The number of furan rings is 1. The molecule has 0 fully saturated rings. The predicted molar refractivity (Wildman–Crippen MR) is 97.7 cm³/mol. The molecule has 0 bridgehead atoms. The van der Waals surface area contributed by atoms with Crippen molar-refractivity contribution in [2.75, 3.05) is 13.2 Å². The summed E-state index contributed by atoms with van der Waals surface area (Å²) >= 11 is 6.33. The van der Waals surface area contributed by atoms with Crippen LogP contribution in [0, 0.1) is 13.8 Å². The second kappa shape index (κ2) is 8.15. The summed E-state index contributed by atoms with van der Waals surface area (Å²) in [4.78, 5) is 0. The Kier molecular flexibility index (Phi) is 6.44. The molecule has 3 rings (SSSR count). The van der Waals surface area contributed by atoms with Crippen LogP contribution in [-0.2, 0) is 6.54 Å². The van der Waals surface area contributed by atoms with Crippen LogP contribution in [0.3, 0.4) is 0 Å². The minimum absolute atomic E-state index is 0. The molecule has 1 unspecified atom stereocenters. The summed E-state index contributed by atoms with van der Waals surface area (Å²) in [5.74, 6) is 3.28. The summed E-state index contributed by atoms with van der Waals surface area (Å²) in [6.07, 6.45) is 0.870. The lowest BCUT2D eigenvalue weighted by Gasteiger charge is -2.15. The van der Waals surface area contributed by atoms with Crippen molar-refractivity contribution < 1.29 is 13.9 Å². The molecule has 1 aliphatic heterocycles. The number of hydrogen-bond donors (Lipinski definition) is 1. The highest BCUT2D eigenvalue weighted by Crippen LogP contribution is 2.38. The fourth-order valence-electron chi connectivity index (χ4n) is 2.85. The molecule has 4 nitrogen and oxygen atoms in total. The normalized spacial score (nSPS) is 14.7. The van der Waals surface area contributed by atoms with Crippen molar-refractivity contribution in [3.63, 3.8) is 0 Å². The SMILES string of the molecule is Cc1cc(C(C)NCc2cc(Cl)c3c(c2)OCCCO3)c(C)o1.Cl. The lowest BCUT2D eigenvalue weighted by Crippen LogP contribution is -2.18. The molecule has 1 N–H and O–H groups in total. The lowest BCUT2D eigenvalue weighted by molar-refractivity contribution is 0.297. The number of ether oxygens (including phenoxy) is 2. The standard InChI is InChI=1S/C18H22ClNO3.ClH/c1-11-7-15(13(3)23-11)12(2)20-10-14-8-16(19)18-17(9-14)21-5-4-6-22-18;/h7-9,12,20H,4-6,10H2,1-3H3;1H. The fraction of sp³-hybridized carbons (Fsp3) is 0.444. The molecule has 1 atom stereocenters. The maximum absolute atomic E-state index is 6.33. The van der Waals surface area contributed by atoms with Crippen molar-refractivity contribution in [1.82, 2.24) is 5.32 Å². The van der Waals surface area contributed by atoms with Gasteiger partial charge in [0, 0.05) is 24.6 Å². The van der Waals surface area contributed by atoms with Crippen LogP contribution in [0.1, 0.15) is 42.0 Å². The molecule has 1 aromatic carbocycles. The molecule has 0 saturated carbocycles. The van der Waals surface area contributed by atoms with Crippen LogP contribution in [0.5, 0.6) is 11.5 Å². The minimum Gasteiger partial charge on any atom is -0.489 e. The van der Waals surface area contributed by atoms with Gasteiger partial charge < -0.3 is 19.2 Å². The van der Waals surface area contributed by atoms with Gasteiger partial charge in [-0.15, -0.1) is 12.4 Å². The van der Waals surface area contributed by atoms with Gasteiger partial charge >= 0.3 is 0 Å². The highest BCUT2D eigenvalue weighted by molar-refractivity contribution is 6.32. The van der Waals surface area contributed by atoms with Crippen LogP contribution in [0.4, 0.5) is 0 Å². The lowest BCUT2D eigenvalue weighted by atomic mass is 10.1. The van der Waals surface area contributed by atoms with Gasteiger partial charge in [-0.25, -0.2) is 0 Å². The molecule has 0 amide bonds. The predicted octanol–water partition coefficient (Wildman–Crippen LogP) is 4.98. The molecule has 1 aromatic heterocycles. The summed E-state index contributed by atoms with van der Waals surface area (Å²) in [6, 6.07) is 6.21. The monoisotopic (exact) mass is 371 g/mol. The highest BCUT2D eigenvalue weighted by Gasteiger charge is 2.17. The average molecular weight is 372 g/mol. The summed E-state index contributed by atoms with van der Waals surface area (Å²) in [5.41, 5.74) is 2.26. The van der Waals surface area contributed by atoms with E-state index in [1.54, 1.807) is 0 Å². The molecule has 0 saturated heterocycles. The van der Waals surface area contributed by atoms with Gasteiger partial charge in [0.25, 0.3) is 0 Å². The van der Waals surface area contributed by atoms with E-state index in [1.807, 2.05) is 26.0 Å². The van der Waals surface area contributed by atoms with E-state index in [0.717, 1.165) is 29.3 Å². The Balaban J connectivity index is 0.00000208. The third-order valence-corrected chi connectivity index (χ3v) is 4.30. The second-order valence-electron chi connectivity index (χ2n) is 5.93. The van der Waals surface area contributed by atoms with Crippen LogP contribution in [0.25, 0.3) is 0 Å². The number of nitrogens with one attached hydrogen (secondary N) is 1. The van der Waals surface area contributed by atoms with Gasteiger partial charge in [0.1, 0.15) is 11.5 Å². The van der Waals surface area contributed by atoms with Gasteiger partial charge in [-0.1, -0.05) is 11.6 Å². The van der Waals surface area contributed by atoms with Gasteiger partial charge in [-0.05, 0) is 44.5 Å². The molecule has 2 heterocycles. The Morgan fingerprint density at radius 2 is 1.92 bits per heavy atom. The van der Waals surface area contributed by atoms with Crippen LogP contribution < -0.4 is 14.8 Å². The molecular formula is C18H23Cl2NO3. The van der Waals surface area contributed by atoms with E-state index >= 15 is 0 Å². The number of rotatable bonds is 4. The van der Waals surface area contributed by atoms with E-state index in [1.165, 1.54) is 5.56 Å². The Morgan fingerprint density at radius 1 is 1.17 bits per heavy atom. The molecule has 1 aliphatic rings. The van der Waals surface area contributed by atoms with E-state index in [4.69, 9.17) is 25.5 Å². The van der Waals surface area contributed by atoms with Crippen molar-refractivity contribution in [1.29, 1.82) is 0 Å². The van der Waals surface area contributed by atoms with Crippen molar-refractivity contribution in [3.05, 3.63) is 45.9 Å². The molecule has 0 aliphatic carbocycles. The first-order chi connectivity index (χ1) is 11.0. The second-order valence-corrected chi connectivity index (χ2v) is 6.33. The highest BCUT2D eigenvalue weighted by atomic mass is 35.5. The van der Waals surface area contributed by atoms with Crippen molar-refractivity contribution in [3.8, 4) is 11.5 Å². The third kappa shape index (κ3) is 4.18. The number of halogens is 2. The average Bonchev–Trinajstić information content (AvgIpc) is 2.72. The van der Waals surface area contributed by atoms with Crippen LogP contribution in [0.2, 0.25) is 5.02 Å². The molecular weight excluding hydrogens is 349 g/mol. The van der Waals surface area contributed by atoms with E-state index in [2.05, 4.69) is 18.3 Å². The number of hydrogen-bond acceptors (Lipinski definition) is 4. The number of benzene rings is 1. The van der Waals surface area contributed by atoms with Crippen LogP contribution in [-0.4, -0.2) is 13.2 Å². The van der Waals surface area contributed by atoms with E-state index in [0.29, 0.717) is 30.5 Å². The van der Waals surface area contributed by atoms with Crippen LogP contribution in [0.15, 0.2) is 22.6 Å². The molecule has 24 heavy (non-hydrogen) atoms. The first kappa shape index (κ1) is 19.0. The quantitative estimate of drug-likeness (QED) is 0.822. The summed E-state index contributed by atoms with van der Waals surface area (Å²) in [7, 11) is 0. The Bertz CT molecular complexity index is 700. The first-order valence-electron chi connectivity index (χ1n) is 7.93. The van der Waals surface area contributed by atoms with Crippen molar-refractivity contribution in [2.24, 2.45) is 0 Å². The number of fused-ring (bicyclic) bond motifs is 1. The van der Waals surface area contributed by atoms with Gasteiger partial charge in [-0.2, -0.15) is 0 Å². The first-order valence-corrected chi connectivity index (χ1v) is 8.30. The third-order valence-electron chi connectivity index (χ3n) is 4.02. The Hall–Kier alpha value is -1.36. The van der Waals surface area contributed by atoms with E-state index in [-0.39, 0.29) is 18.4 Å². The van der Waals surface area contributed by atoms with Crippen LogP contribution >= 0.6 is 24.0 Å². The molecule has 0 spiro atoms.